The van der Waals surface area contributed by atoms with Gasteiger partial charge in [0.05, 0.1) is 0 Å². The molecule has 17 heavy (non-hydrogen) atoms. The first kappa shape index (κ1) is 12.6. The van der Waals surface area contributed by atoms with E-state index in [-0.39, 0.29) is 6.04 Å². The molecule has 1 fully saturated rings. The Kier molecular flexibility index (Phi) is 3.88. The third-order valence-corrected chi connectivity index (χ3v) is 4.30. The molecule has 1 nitrogen and oxygen atoms in total. The maximum atomic E-state index is 6.45. The molecule has 1 aliphatic rings. The topological polar surface area (TPSA) is 26.0 Å². The number of benzene rings is 1. The Hall–Kier alpha value is -0.820. The quantitative estimate of drug-likeness (QED) is 0.831. The molecule has 0 saturated heterocycles. The molecule has 3 unspecified atom stereocenters. The van der Waals surface area contributed by atoms with Crippen LogP contribution in [-0.2, 0) is 0 Å². The van der Waals surface area contributed by atoms with Crippen LogP contribution in [0.5, 0.6) is 0 Å². The fourth-order valence-electron chi connectivity index (χ4n) is 3.29. The second-order valence-electron chi connectivity index (χ2n) is 5.79. The first-order valence-electron chi connectivity index (χ1n) is 6.94. The van der Waals surface area contributed by atoms with Crippen molar-refractivity contribution in [1.29, 1.82) is 0 Å². The summed E-state index contributed by atoms with van der Waals surface area (Å²) in [6.45, 7) is 6.62. The molecule has 1 saturated carbocycles. The van der Waals surface area contributed by atoms with E-state index in [1.54, 1.807) is 0 Å². The van der Waals surface area contributed by atoms with Crippen molar-refractivity contribution in [2.24, 2.45) is 17.6 Å². The largest absolute Gasteiger partial charge is 0.324 e. The molecule has 1 heteroatoms. The van der Waals surface area contributed by atoms with E-state index in [0.29, 0.717) is 5.92 Å². The summed E-state index contributed by atoms with van der Waals surface area (Å²) in [6, 6.07) is 6.98. The zero-order valence-corrected chi connectivity index (χ0v) is 11.4. The predicted molar refractivity (Wildman–Crippen MR) is 74.0 cm³/mol. The molecule has 0 amide bonds. The van der Waals surface area contributed by atoms with Crippen LogP contribution in [0.15, 0.2) is 18.2 Å². The maximum Gasteiger partial charge on any atom is 0.0323 e. The highest BCUT2D eigenvalue weighted by Crippen LogP contribution is 2.39. The van der Waals surface area contributed by atoms with Gasteiger partial charge in [-0.1, -0.05) is 49.1 Å². The summed E-state index contributed by atoms with van der Waals surface area (Å²) < 4.78 is 0. The molecule has 1 aliphatic carbocycles. The third-order valence-electron chi connectivity index (χ3n) is 4.30. The minimum atomic E-state index is 0.241. The molecule has 0 spiro atoms. The van der Waals surface area contributed by atoms with Crippen LogP contribution < -0.4 is 5.73 Å². The molecule has 0 aliphatic heterocycles. The van der Waals surface area contributed by atoms with Crippen LogP contribution in [0, 0.1) is 25.7 Å². The monoisotopic (exact) mass is 231 g/mol. The van der Waals surface area contributed by atoms with Crippen molar-refractivity contribution in [3.63, 3.8) is 0 Å². The highest BCUT2D eigenvalue weighted by molar-refractivity contribution is 5.31. The summed E-state index contributed by atoms with van der Waals surface area (Å²) in [6.07, 6.45) is 5.33. The lowest BCUT2D eigenvalue weighted by molar-refractivity contribution is 0.416. The van der Waals surface area contributed by atoms with E-state index in [0.717, 1.165) is 5.92 Å². The minimum Gasteiger partial charge on any atom is -0.324 e. The van der Waals surface area contributed by atoms with Crippen molar-refractivity contribution in [3.8, 4) is 0 Å². The number of hydrogen-bond donors (Lipinski definition) is 1. The summed E-state index contributed by atoms with van der Waals surface area (Å²) in [5.74, 6) is 1.61. The van der Waals surface area contributed by atoms with E-state index >= 15 is 0 Å². The highest BCUT2D eigenvalue weighted by atomic mass is 14.7. The van der Waals surface area contributed by atoms with Crippen molar-refractivity contribution in [2.45, 2.75) is 52.5 Å². The van der Waals surface area contributed by atoms with Crippen molar-refractivity contribution in [1.82, 2.24) is 0 Å². The van der Waals surface area contributed by atoms with Gasteiger partial charge in [-0.3, -0.25) is 0 Å². The number of aryl methyl sites for hydroxylation is 2. The van der Waals surface area contributed by atoms with Gasteiger partial charge in [0.15, 0.2) is 0 Å². The fraction of sp³-hybridized carbons (Fsp3) is 0.625. The molecule has 3 atom stereocenters. The summed E-state index contributed by atoms with van der Waals surface area (Å²) in [4.78, 5) is 0. The SMILES string of the molecule is CCC1CCC(C(N)c2cc(C)cc(C)c2)C1. The Morgan fingerprint density at radius 3 is 2.35 bits per heavy atom. The van der Waals surface area contributed by atoms with Crippen molar-refractivity contribution in [2.75, 3.05) is 0 Å². The number of rotatable bonds is 3. The smallest absolute Gasteiger partial charge is 0.0323 e. The number of hydrogen-bond acceptors (Lipinski definition) is 1. The van der Waals surface area contributed by atoms with Crippen molar-refractivity contribution < 1.29 is 0 Å². The van der Waals surface area contributed by atoms with Crippen LogP contribution in [0.3, 0.4) is 0 Å². The average Bonchev–Trinajstić information content (AvgIpc) is 2.75. The lowest BCUT2D eigenvalue weighted by Crippen LogP contribution is -2.19. The Morgan fingerprint density at radius 2 is 1.82 bits per heavy atom. The third kappa shape index (κ3) is 2.90. The van der Waals surface area contributed by atoms with Gasteiger partial charge in [-0.2, -0.15) is 0 Å². The van der Waals surface area contributed by atoms with E-state index in [9.17, 15) is 0 Å². The summed E-state index contributed by atoms with van der Waals surface area (Å²) in [5, 5.41) is 0. The second-order valence-corrected chi connectivity index (χ2v) is 5.79. The summed E-state index contributed by atoms with van der Waals surface area (Å²) >= 11 is 0. The molecular weight excluding hydrogens is 206 g/mol. The van der Waals surface area contributed by atoms with Crippen LogP contribution in [-0.4, -0.2) is 0 Å². The first-order valence-corrected chi connectivity index (χ1v) is 6.94. The van der Waals surface area contributed by atoms with Crippen LogP contribution >= 0.6 is 0 Å². The summed E-state index contributed by atoms with van der Waals surface area (Å²) in [5.41, 5.74) is 10.5. The van der Waals surface area contributed by atoms with Crippen molar-refractivity contribution >= 4 is 0 Å². The maximum absolute atomic E-state index is 6.45. The van der Waals surface area contributed by atoms with E-state index in [1.807, 2.05) is 0 Å². The molecule has 0 radical (unpaired) electrons. The predicted octanol–water partition coefficient (Wildman–Crippen LogP) is 4.13. The van der Waals surface area contributed by atoms with Gasteiger partial charge in [0.2, 0.25) is 0 Å². The Labute approximate surface area is 105 Å². The average molecular weight is 231 g/mol. The van der Waals surface area contributed by atoms with Crippen LogP contribution in [0.25, 0.3) is 0 Å². The van der Waals surface area contributed by atoms with Gasteiger partial charge in [-0.25, -0.2) is 0 Å². The van der Waals surface area contributed by atoms with Gasteiger partial charge in [0.25, 0.3) is 0 Å². The standard InChI is InChI=1S/C16H25N/c1-4-13-5-6-14(10-13)16(17)15-8-11(2)7-12(3)9-15/h7-9,13-14,16H,4-6,10,17H2,1-3H3. The summed E-state index contributed by atoms with van der Waals surface area (Å²) in [7, 11) is 0. The molecule has 1 aromatic rings. The molecule has 0 bridgehead atoms. The lowest BCUT2D eigenvalue weighted by Gasteiger charge is -2.21. The Balaban J connectivity index is 2.11. The van der Waals surface area contributed by atoms with E-state index in [4.69, 9.17) is 5.73 Å². The van der Waals surface area contributed by atoms with E-state index in [1.165, 1.54) is 42.4 Å². The van der Waals surface area contributed by atoms with Gasteiger partial charge >= 0.3 is 0 Å². The van der Waals surface area contributed by atoms with Gasteiger partial charge < -0.3 is 5.73 Å². The molecule has 0 aromatic heterocycles. The van der Waals surface area contributed by atoms with Gasteiger partial charge in [0.1, 0.15) is 0 Å². The van der Waals surface area contributed by atoms with Crippen LogP contribution in [0.1, 0.15) is 55.3 Å². The zero-order valence-electron chi connectivity index (χ0n) is 11.4. The van der Waals surface area contributed by atoms with Gasteiger partial charge in [-0.15, -0.1) is 0 Å². The normalized spacial score (nSPS) is 26.1. The molecule has 2 N–H and O–H groups in total. The zero-order chi connectivity index (χ0) is 12.4. The van der Waals surface area contributed by atoms with E-state index < -0.39 is 0 Å². The van der Waals surface area contributed by atoms with Gasteiger partial charge in [-0.05, 0) is 44.1 Å². The molecule has 0 heterocycles. The van der Waals surface area contributed by atoms with Crippen molar-refractivity contribution in [3.05, 3.63) is 34.9 Å². The molecule has 1 aromatic carbocycles. The number of nitrogens with two attached hydrogens (primary N) is 1. The Morgan fingerprint density at radius 1 is 1.18 bits per heavy atom. The molecule has 2 rings (SSSR count). The van der Waals surface area contributed by atoms with E-state index in [2.05, 4.69) is 39.0 Å². The lowest BCUT2D eigenvalue weighted by atomic mass is 9.89. The first-order chi connectivity index (χ1) is 8.10. The van der Waals surface area contributed by atoms with Crippen LogP contribution in [0.2, 0.25) is 0 Å². The fourth-order valence-corrected chi connectivity index (χ4v) is 3.29. The molecule has 94 valence electrons. The van der Waals surface area contributed by atoms with Crippen LogP contribution in [0.4, 0.5) is 0 Å². The Bertz CT molecular complexity index is 363. The highest BCUT2D eigenvalue weighted by Gasteiger charge is 2.28. The minimum absolute atomic E-state index is 0.241. The second kappa shape index (κ2) is 5.22. The van der Waals surface area contributed by atoms with Gasteiger partial charge in [0, 0.05) is 6.04 Å². The molecular formula is C16H25N.